The molecular formula is C20H26N4O3. The number of aromatic nitrogens is 2. The number of benzene rings is 1. The molecule has 7 nitrogen and oxygen atoms in total. The number of carbonyl (C=O) groups is 1. The molecule has 0 saturated carbocycles. The fourth-order valence-electron chi connectivity index (χ4n) is 3.67. The first-order chi connectivity index (χ1) is 13.3. The van der Waals surface area contributed by atoms with Gasteiger partial charge in [-0.05, 0) is 11.6 Å². The van der Waals surface area contributed by atoms with E-state index in [2.05, 4.69) is 22.1 Å². The summed E-state index contributed by atoms with van der Waals surface area (Å²) in [6, 6.07) is 11.9. The van der Waals surface area contributed by atoms with Crippen LogP contribution in [-0.4, -0.2) is 71.5 Å². The molecular weight excluding hydrogens is 344 g/mol. The van der Waals surface area contributed by atoms with Crippen molar-refractivity contribution in [1.29, 1.82) is 0 Å². The van der Waals surface area contributed by atoms with Crippen molar-refractivity contribution in [2.24, 2.45) is 0 Å². The van der Waals surface area contributed by atoms with Crippen molar-refractivity contribution in [3.05, 3.63) is 53.9 Å². The molecule has 1 aromatic heterocycles. The molecule has 2 aromatic rings. The summed E-state index contributed by atoms with van der Waals surface area (Å²) in [4.78, 5) is 17.2. The zero-order chi connectivity index (χ0) is 18.5. The maximum atomic E-state index is 13.0. The molecule has 0 spiro atoms. The van der Waals surface area contributed by atoms with E-state index < -0.39 is 0 Å². The SMILES string of the molecule is O=C([C@H]1CN(CCOCc2ccccc2)Cc2ccnn21)N1CCOCC1. The van der Waals surface area contributed by atoms with Gasteiger partial charge in [-0.2, -0.15) is 5.10 Å². The summed E-state index contributed by atoms with van der Waals surface area (Å²) in [6.45, 7) is 6.05. The number of fused-ring (bicyclic) bond motifs is 1. The highest BCUT2D eigenvalue weighted by molar-refractivity contribution is 5.81. The summed E-state index contributed by atoms with van der Waals surface area (Å²) in [7, 11) is 0. The van der Waals surface area contributed by atoms with E-state index in [0.717, 1.165) is 18.8 Å². The lowest BCUT2D eigenvalue weighted by molar-refractivity contribution is -0.140. The van der Waals surface area contributed by atoms with Crippen LogP contribution in [0.4, 0.5) is 0 Å². The summed E-state index contributed by atoms with van der Waals surface area (Å²) in [6.07, 6.45) is 1.78. The summed E-state index contributed by atoms with van der Waals surface area (Å²) < 4.78 is 13.1. The van der Waals surface area contributed by atoms with Crippen molar-refractivity contribution in [3.8, 4) is 0 Å². The fraction of sp³-hybridized carbons (Fsp3) is 0.500. The first-order valence-electron chi connectivity index (χ1n) is 9.54. The van der Waals surface area contributed by atoms with Gasteiger partial charge in [0.15, 0.2) is 0 Å². The topological polar surface area (TPSA) is 59.8 Å². The number of rotatable bonds is 6. The molecule has 4 rings (SSSR count). The van der Waals surface area contributed by atoms with Gasteiger partial charge in [-0.25, -0.2) is 0 Å². The van der Waals surface area contributed by atoms with Gasteiger partial charge in [-0.15, -0.1) is 0 Å². The minimum atomic E-state index is -0.268. The van der Waals surface area contributed by atoms with E-state index in [-0.39, 0.29) is 11.9 Å². The van der Waals surface area contributed by atoms with Crippen molar-refractivity contribution in [3.63, 3.8) is 0 Å². The van der Waals surface area contributed by atoms with Gasteiger partial charge in [0, 0.05) is 38.9 Å². The Labute approximate surface area is 159 Å². The van der Waals surface area contributed by atoms with Gasteiger partial charge in [0.2, 0.25) is 5.91 Å². The summed E-state index contributed by atoms with van der Waals surface area (Å²) in [5.74, 6) is 0.137. The smallest absolute Gasteiger partial charge is 0.248 e. The van der Waals surface area contributed by atoms with Crippen LogP contribution >= 0.6 is 0 Å². The number of hydrogen-bond acceptors (Lipinski definition) is 5. The second kappa shape index (κ2) is 8.65. The molecule has 1 amide bonds. The van der Waals surface area contributed by atoms with Crippen molar-refractivity contribution >= 4 is 5.91 Å². The molecule has 1 fully saturated rings. The quantitative estimate of drug-likeness (QED) is 0.718. The zero-order valence-electron chi connectivity index (χ0n) is 15.5. The molecule has 0 bridgehead atoms. The highest BCUT2D eigenvalue weighted by Crippen LogP contribution is 2.22. The maximum Gasteiger partial charge on any atom is 0.248 e. The Morgan fingerprint density at radius 2 is 2.00 bits per heavy atom. The Morgan fingerprint density at radius 1 is 1.19 bits per heavy atom. The third-order valence-electron chi connectivity index (χ3n) is 5.14. The minimum Gasteiger partial charge on any atom is -0.378 e. The molecule has 2 aliphatic rings. The molecule has 1 aromatic carbocycles. The van der Waals surface area contributed by atoms with E-state index in [0.29, 0.717) is 46.1 Å². The molecule has 7 heteroatoms. The van der Waals surface area contributed by atoms with Crippen LogP contribution in [0.5, 0.6) is 0 Å². The van der Waals surface area contributed by atoms with Crippen LogP contribution in [0.15, 0.2) is 42.6 Å². The standard InChI is InChI=1S/C20H26N4O3/c25-20(23-9-12-26-13-10-23)19-15-22(14-18-6-7-21-24(18)19)8-11-27-16-17-4-2-1-3-5-17/h1-7,19H,8-16H2/t19-/m1/s1. The lowest BCUT2D eigenvalue weighted by atomic mass is 10.1. The predicted octanol–water partition coefficient (Wildman–Crippen LogP) is 1.32. The Morgan fingerprint density at radius 3 is 2.81 bits per heavy atom. The average Bonchev–Trinajstić information content (AvgIpc) is 3.20. The molecule has 1 atom stereocenters. The van der Waals surface area contributed by atoms with Crippen molar-refractivity contribution in [2.45, 2.75) is 19.2 Å². The van der Waals surface area contributed by atoms with E-state index in [1.807, 2.05) is 33.8 Å². The Balaban J connectivity index is 1.34. The van der Waals surface area contributed by atoms with Gasteiger partial charge in [-0.3, -0.25) is 14.4 Å². The number of morpholine rings is 1. The maximum absolute atomic E-state index is 13.0. The molecule has 27 heavy (non-hydrogen) atoms. The first kappa shape index (κ1) is 18.2. The fourth-order valence-corrected chi connectivity index (χ4v) is 3.67. The predicted molar refractivity (Wildman–Crippen MR) is 100 cm³/mol. The van der Waals surface area contributed by atoms with Crippen LogP contribution in [0.2, 0.25) is 0 Å². The lowest BCUT2D eigenvalue weighted by Crippen LogP contribution is -2.50. The number of ether oxygens (including phenoxy) is 2. The summed E-state index contributed by atoms with van der Waals surface area (Å²) >= 11 is 0. The van der Waals surface area contributed by atoms with Gasteiger partial charge in [-0.1, -0.05) is 30.3 Å². The Bertz CT molecular complexity index is 743. The molecule has 144 valence electrons. The molecule has 3 heterocycles. The van der Waals surface area contributed by atoms with E-state index in [1.54, 1.807) is 6.20 Å². The van der Waals surface area contributed by atoms with Gasteiger partial charge in [0.1, 0.15) is 6.04 Å². The number of amides is 1. The van der Waals surface area contributed by atoms with Crippen LogP contribution < -0.4 is 0 Å². The highest BCUT2D eigenvalue weighted by atomic mass is 16.5. The third kappa shape index (κ3) is 4.37. The molecule has 0 radical (unpaired) electrons. The van der Waals surface area contributed by atoms with E-state index in [1.165, 1.54) is 5.56 Å². The van der Waals surface area contributed by atoms with Crippen molar-refractivity contribution in [2.75, 3.05) is 46.0 Å². The molecule has 2 aliphatic heterocycles. The number of nitrogens with zero attached hydrogens (tertiary/aromatic N) is 4. The van der Waals surface area contributed by atoms with Crippen LogP contribution in [-0.2, 0) is 27.4 Å². The van der Waals surface area contributed by atoms with Crippen molar-refractivity contribution in [1.82, 2.24) is 19.6 Å². The highest BCUT2D eigenvalue weighted by Gasteiger charge is 2.34. The van der Waals surface area contributed by atoms with Crippen LogP contribution in [0.1, 0.15) is 17.3 Å². The van der Waals surface area contributed by atoms with Crippen molar-refractivity contribution < 1.29 is 14.3 Å². The monoisotopic (exact) mass is 370 g/mol. The normalized spacial score (nSPS) is 20.4. The van der Waals surface area contributed by atoms with Gasteiger partial charge < -0.3 is 14.4 Å². The van der Waals surface area contributed by atoms with Gasteiger partial charge in [0.05, 0.1) is 32.1 Å². The van der Waals surface area contributed by atoms with Gasteiger partial charge in [0.25, 0.3) is 0 Å². The molecule has 0 N–H and O–H groups in total. The lowest BCUT2D eigenvalue weighted by Gasteiger charge is -2.36. The number of carbonyl (C=O) groups excluding carboxylic acids is 1. The van der Waals surface area contributed by atoms with Crippen LogP contribution in [0.3, 0.4) is 0 Å². The largest absolute Gasteiger partial charge is 0.378 e. The van der Waals surface area contributed by atoms with E-state index in [4.69, 9.17) is 9.47 Å². The number of hydrogen-bond donors (Lipinski definition) is 0. The van der Waals surface area contributed by atoms with Gasteiger partial charge >= 0.3 is 0 Å². The average molecular weight is 370 g/mol. The molecule has 0 unspecified atom stereocenters. The Kier molecular flexibility index (Phi) is 5.81. The molecule has 1 saturated heterocycles. The zero-order valence-corrected chi connectivity index (χ0v) is 15.5. The minimum absolute atomic E-state index is 0.137. The first-order valence-corrected chi connectivity index (χ1v) is 9.54. The second-order valence-electron chi connectivity index (χ2n) is 6.99. The summed E-state index contributed by atoms with van der Waals surface area (Å²) in [5, 5.41) is 4.40. The van der Waals surface area contributed by atoms with E-state index >= 15 is 0 Å². The summed E-state index contributed by atoms with van der Waals surface area (Å²) in [5.41, 5.74) is 2.26. The van der Waals surface area contributed by atoms with E-state index in [9.17, 15) is 4.79 Å². The molecule has 0 aliphatic carbocycles. The third-order valence-corrected chi connectivity index (χ3v) is 5.14. The van der Waals surface area contributed by atoms with Crippen LogP contribution in [0, 0.1) is 0 Å². The Hall–Kier alpha value is -2.22. The van der Waals surface area contributed by atoms with Crippen LogP contribution in [0.25, 0.3) is 0 Å². The second-order valence-corrected chi connectivity index (χ2v) is 6.99.